The molecule has 0 aliphatic rings. The first-order valence-electron chi connectivity index (χ1n) is 9.27. The highest BCUT2D eigenvalue weighted by molar-refractivity contribution is 14.0. The molecule has 0 radical (unpaired) electrons. The van der Waals surface area contributed by atoms with E-state index in [0.717, 1.165) is 17.7 Å². The Hall–Kier alpha value is -2.04. The highest BCUT2D eigenvalue weighted by atomic mass is 127. The molecule has 1 aromatic carbocycles. The van der Waals surface area contributed by atoms with E-state index in [-0.39, 0.29) is 42.3 Å². The minimum absolute atomic E-state index is 0. The summed E-state index contributed by atoms with van der Waals surface area (Å²) in [6, 6.07) is 7.86. The summed E-state index contributed by atoms with van der Waals surface area (Å²) in [5.41, 5.74) is 0.543. The minimum Gasteiger partial charge on any atom is -0.497 e. The summed E-state index contributed by atoms with van der Waals surface area (Å²) in [5.74, 6) is 1.16. The third kappa shape index (κ3) is 9.82. The van der Waals surface area contributed by atoms with Crippen LogP contribution in [0.1, 0.15) is 19.4 Å². The predicted octanol–water partition coefficient (Wildman–Crippen LogP) is 1.25. The average molecular weight is 519 g/mol. The van der Waals surface area contributed by atoms with Crippen LogP contribution in [0.5, 0.6) is 5.75 Å². The summed E-state index contributed by atoms with van der Waals surface area (Å²) in [6.07, 6.45) is 0.783. The van der Waals surface area contributed by atoms with Crippen LogP contribution < -0.4 is 20.7 Å². The van der Waals surface area contributed by atoms with E-state index < -0.39 is 5.41 Å². The molecule has 0 aromatic heterocycles. The first-order chi connectivity index (χ1) is 13.2. The SMILES string of the molecule is CNC(=O)C(C)(C)CNC(=NCC(=O)N(C)C)NCCc1ccc(OC)cc1.I. The van der Waals surface area contributed by atoms with E-state index in [0.29, 0.717) is 19.0 Å². The summed E-state index contributed by atoms with van der Waals surface area (Å²) in [5, 5.41) is 9.05. The fourth-order valence-corrected chi connectivity index (χ4v) is 2.30. The lowest BCUT2D eigenvalue weighted by Crippen LogP contribution is -2.47. The summed E-state index contributed by atoms with van der Waals surface area (Å²) < 4.78 is 5.16. The number of carbonyl (C=O) groups is 2. The average Bonchev–Trinajstić information content (AvgIpc) is 2.68. The van der Waals surface area contributed by atoms with Crippen molar-refractivity contribution in [1.29, 1.82) is 0 Å². The number of guanidine groups is 1. The predicted molar refractivity (Wildman–Crippen MR) is 127 cm³/mol. The first-order valence-corrected chi connectivity index (χ1v) is 9.27. The number of nitrogens with zero attached hydrogens (tertiary/aromatic N) is 2. The molecular formula is C20H34IN5O3. The fraction of sp³-hybridized carbons (Fsp3) is 0.550. The van der Waals surface area contributed by atoms with Gasteiger partial charge in [0.2, 0.25) is 11.8 Å². The van der Waals surface area contributed by atoms with Crippen LogP contribution in [0.3, 0.4) is 0 Å². The number of nitrogens with one attached hydrogen (secondary N) is 3. The van der Waals surface area contributed by atoms with E-state index in [4.69, 9.17) is 4.74 Å². The van der Waals surface area contributed by atoms with Crippen LogP contribution in [0.4, 0.5) is 0 Å². The highest BCUT2D eigenvalue weighted by Crippen LogP contribution is 2.13. The van der Waals surface area contributed by atoms with E-state index in [2.05, 4.69) is 20.9 Å². The van der Waals surface area contributed by atoms with Crippen LogP contribution in [0.15, 0.2) is 29.3 Å². The smallest absolute Gasteiger partial charge is 0.243 e. The van der Waals surface area contributed by atoms with Crippen LogP contribution in [0.25, 0.3) is 0 Å². The van der Waals surface area contributed by atoms with Gasteiger partial charge in [-0.2, -0.15) is 0 Å². The van der Waals surface area contributed by atoms with Gasteiger partial charge in [-0.25, -0.2) is 4.99 Å². The van der Waals surface area contributed by atoms with E-state index in [9.17, 15) is 9.59 Å². The van der Waals surface area contributed by atoms with Gasteiger partial charge in [-0.05, 0) is 38.0 Å². The number of hydrogen-bond donors (Lipinski definition) is 3. The van der Waals surface area contributed by atoms with Gasteiger partial charge in [0.05, 0.1) is 12.5 Å². The zero-order chi connectivity index (χ0) is 21.2. The lowest BCUT2D eigenvalue weighted by molar-refractivity contribution is -0.128. The number of benzene rings is 1. The molecule has 0 saturated heterocycles. The van der Waals surface area contributed by atoms with Crippen molar-refractivity contribution in [2.24, 2.45) is 10.4 Å². The zero-order valence-corrected chi connectivity index (χ0v) is 20.5. The lowest BCUT2D eigenvalue weighted by Gasteiger charge is -2.24. The monoisotopic (exact) mass is 519 g/mol. The highest BCUT2D eigenvalue weighted by Gasteiger charge is 2.26. The van der Waals surface area contributed by atoms with Crippen LogP contribution in [-0.2, 0) is 16.0 Å². The summed E-state index contributed by atoms with van der Waals surface area (Å²) in [4.78, 5) is 29.7. The van der Waals surface area contributed by atoms with Crippen molar-refractivity contribution >= 4 is 41.8 Å². The molecule has 9 heteroatoms. The molecular weight excluding hydrogens is 485 g/mol. The fourth-order valence-electron chi connectivity index (χ4n) is 2.30. The van der Waals surface area contributed by atoms with Crippen LogP contribution in [-0.4, -0.2) is 70.6 Å². The molecule has 0 aliphatic heterocycles. The summed E-state index contributed by atoms with van der Waals surface area (Å²) in [6.45, 7) is 4.74. The van der Waals surface area contributed by atoms with Gasteiger partial charge in [0.1, 0.15) is 12.3 Å². The van der Waals surface area contributed by atoms with Gasteiger partial charge in [-0.1, -0.05) is 12.1 Å². The summed E-state index contributed by atoms with van der Waals surface area (Å²) >= 11 is 0. The second-order valence-electron chi connectivity index (χ2n) is 7.29. The Balaban J connectivity index is 0.00000784. The molecule has 8 nitrogen and oxygen atoms in total. The molecule has 0 fully saturated rings. The van der Waals surface area contributed by atoms with Crippen LogP contribution >= 0.6 is 24.0 Å². The maximum Gasteiger partial charge on any atom is 0.243 e. The Morgan fingerprint density at radius 1 is 1.14 bits per heavy atom. The molecule has 1 aromatic rings. The molecule has 1 rings (SSSR count). The van der Waals surface area contributed by atoms with Crippen LogP contribution in [0, 0.1) is 5.41 Å². The second kappa shape index (κ2) is 13.2. The standard InChI is InChI=1S/C20H33N5O3.HI/c1-20(2,18(27)21-3)14-24-19(23-13-17(26)25(4)5)22-12-11-15-7-9-16(28-6)10-8-15;/h7-10H,11-14H2,1-6H3,(H,21,27)(H2,22,23,24);1H. The van der Waals surface area contributed by atoms with Crippen molar-refractivity contribution in [2.45, 2.75) is 20.3 Å². The molecule has 164 valence electrons. The zero-order valence-electron chi connectivity index (χ0n) is 18.2. The molecule has 29 heavy (non-hydrogen) atoms. The van der Waals surface area contributed by atoms with Crippen molar-refractivity contribution in [2.75, 3.05) is 47.9 Å². The third-order valence-corrected chi connectivity index (χ3v) is 4.28. The van der Waals surface area contributed by atoms with Gasteiger partial charge < -0.3 is 25.6 Å². The normalized spacial score (nSPS) is 11.2. The lowest BCUT2D eigenvalue weighted by atomic mass is 9.92. The van der Waals surface area contributed by atoms with E-state index >= 15 is 0 Å². The minimum atomic E-state index is -0.612. The van der Waals surface area contributed by atoms with Crippen molar-refractivity contribution in [3.8, 4) is 5.75 Å². The van der Waals surface area contributed by atoms with Gasteiger partial charge >= 0.3 is 0 Å². The molecule has 0 unspecified atom stereocenters. The number of methoxy groups -OCH3 is 1. The van der Waals surface area contributed by atoms with E-state index in [1.165, 1.54) is 4.90 Å². The molecule has 0 bridgehead atoms. The van der Waals surface area contributed by atoms with Gasteiger partial charge in [0.25, 0.3) is 0 Å². The largest absolute Gasteiger partial charge is 0.497 e. The number of aliphatic imine (C=N–C) groups is 1. The first kappa shape index (κ1) is 27.0. The Bertz CT molecular complexity index is 675. The molecule has 0 spiro atoms. The van der Waals surface area contributed by atoms with Gasteiger partial charge in [0.15, 0.2) is 5.96 Å². The number of rotatable bonds is 9. The molecule has 2 amide bonds. The van der Waals surface area contributed by atoms with Gasteiger partial charge in [0, 0.05) is 34.2 Å². The number of carbonyl (C=O) groups excluding carboxylic acids is 2. The molecule has 0 heterocycles. The maximum absolute atomic E-state index is 12.0. The maximum atomic E-state index is 12.0. The second-order valence-corrected chi connectivity index (χ2v) is 7.29. The number of amides is 2. The Morgan fingerprint density at radius 2 is 1.76 bits per heavy atom. The van der Waals surface area contributed by atoms with E-state index in [1.807, 2.05) is 38.1 Å². The van der Waals surface area contributed by atoms with Gasteiger partial charge in [-0.15, -0.1) is 24.0 Å². The Morgan fingerprint density at radius 3 is 2.28 bits per heavy atom. The van der Waals surface area contributed by atoms with Gasteiger partial charge in [-0.3, -0.25) is 9.59 Å². The molecule has 0 aliphatic carbocycles. The number of hydrogen-bond acceptors (Lipinski definition) is 4. The van der Waals surface area contributed by atoms with Crippen molar-refractivity contribution in [3.63, 3.8) is 0 Å². The van der Waals surface area contributed by atoms with Crippen LogP contribution in [0.2, 0.25) is 0 Å². The number of halogens is 1. The number of likely N-dealkylation sites (N-methyl/N-ethyl adjacent to an activating group) is 1. The topological polar surface area (TPSA) is 95.1 Å². The number of ether oxygens (including phenoxy) is 1. The molecule has 0 saturated carbocycles. The Kier molecular flexibility index (Phi) is 12.3. The third-order valence-electron chi connectivity index (χ3n) is 4.28. The summed E-state index contributed by atoms with van der Waals surface area (Å²) in [7, 11) is 6.63. The Labute approximate surface area is 190 Å². The molecule has 3 N–H and O–H groups in total. The van der Waals surface area contributed by atoms with Crippen molar-refractivity contribution in [3.05, 3.63) is 29.8 Å². The van der Waals surface area contributed by atoms with E-state index in [1.54, 1.807) is 28.3 Å². The van der Waals surface area contributed by atoms with Crippen molar-refractivity contribution in [1.82, 2.24) is 20.9 Å². The molecule has 0 atom stereocenters. The quantitative estimate of drug-likeness (QED) is 0.260. The van der Waals surface area contributed by atoms with Crippen molar-refractivity contribution < 1.29 is 14.3 Å².